The van der Waals surface area contributed by atoms with Gasteiger partial charge in [0.15, 0.2) is 0 Å². The third kappa shape index (κ3) is 1.16. The van der Waals surface area contributed by atoms with E-state index in [-0.39, 0.29) is 0 Å². The van der Waals surface area contributed by atoms with E-state index in [0.717, 1.165) is 21.1 Å². The maximum absolute atomic E-state index is 5.43. The lowest BCUT2D eigenvalue weighted by Gasteiger charge is -2.28. The Kier molecular flexibility index (Phi) is 2.06. The average Bonchev–Trinajstić information content (AvgIpc) is 2.33. The molecule has 0 bridgehead atoms. The molecule has 2 aromatic rings. The van der Waals surface area contributed by atoms with Gasteiger partial charge in [-0.25, -0.2) is 0 Å². The second kappa shape index (κ2) is 3.34. The van der Waals surface area contributed by atoms with Crippen molar-refractivity contribution in [3.63, 3.8) is 0 Å². The molecule has 78 valence electrons. The molecule has 16 heavy (non-hydrogen) atoms. The van der Waals surface area contributed by atoms with Crippen LogP contribution in [0.4, 0.5) is 0 Å². The third-order valence-electron chi connectivity index (χ3n) is 2.97. The van der Waals surface area contributed by atoms with Crippen LogP contribution in [0.1, 0.15) is 11.1 Å². The largest absolute Gasteiger partial charge is 0.326 e. The summed E-state index contributed by atoms with van der Waals surface area (Å²) in [6.07, 6.45) is 0. The van der Waals surface area contributed by atoms with Crippen molar-refractivity contribution in [3.05, 3.63) is 47.5 Å². The normalized spacial score (nSPS) is 14.7. The van der Waals surface area contributed by atoms with E-state index in [1.165, 1.54) is 10.8 Å². The Bertz CT molecular complexity index is 580. The zero-order valence-electron chi connectivity index (χ0n) is 8.73. The van der Waals surface area contributed by atoms with Crippen LogP contribution in [0.5, 0.6) is 0 Å². The monoisotopic (exact) mass is 243 g/mol. The second-order valence-electron chi connectivity index (χ2n) is 3.88. The quantitative estimate of drug-likeness (QED) is 0.654. The van der Waals surface area contributed by atoms with Gasteiger partial charge in [0.25, 0.3) is 0 Å². The van der Waals surface area contributed by atoms with E-state index in [0.29, 0.717) is 0 Å². The molecule has 1 heterocycles. The van der Waals surface area contributed by atoms with Crippen LogP contribution in [0.15, 0.2) is 36.4 Å². The summed E-state index contributed by atoms with van der Waals surface area (Å²) in [6, 6.07) is 12.4. The van der Waals surface area contributed by atoms with Crippen molar-refractivity contribution in [3.8, 4) is 0 Å². The van der Waals surface area contributed by atoms with E-state index >= 15 is 0 Å². The molecule has 2 aromatic carbocycles. The van der Waals surface area contributed by atoms with Crippen molar-refractivity contribution in [2.45, 2.75) is 0 Å². The van der Waals surface area contributed by atoms with Gasteiger partial charge in [0.1, 0.15) is 9.98 Å². The maximum atomic E-state index is 5.43. The molecule has 3 rings (SSSR count). The highest BCUT2D eigenvalue weighted by molar-refractivity contribution is 7.82. The Hall–Kier alpha value is -1.32. The number of benzene rings is 2. The average molecular weight is 243 g/mol. The summed E-state index contributed by atoms with van der Waals surface area (Å²) in [5, 5.41) is 2.39. The third-order valence-corrected chi connectivity index (χ3v) is 3.96. The van der Waals surface area contributed by atoms with E-state index in [1.807, 2.05) is 24.1 Å². The molecule has 0 atom stereocenters. The first-order valence-electron chi connectivity index (χ1n) is 5.04. The van der Waals surface area contributed by atoms with Crippen LogP contribution in [0.25, 0.3) is 10.8 Å². The fourth-order valence-corrected chi connectivity index (χ4v) is 2.73. The van der Waals surface area contributed by atoms with Gasteiger partial charge < -0.3 is 4.90 Å². The van der Waals surface area contributed by atoms with Crippen molar-refractivity contribution < 1.29 is 0 Å². The molecule has 0 spiro atoms. The molecule has 0 saturated carbocycles. The summed E-state index contributed by atoms with van der Waals surface area (Å²) < 4.78 is 0. The standard InChI is InChI=1S/C13H9NS2/c1-14-12(15)9-6-2-4-8-5-3-7-10(11(8)9)13(14)16/h2-7H,1H3. The zero-order chi connectivity index (χ0) is 11.3. The minimum absolute atomic E-state index is 0.814. The summed E-state index contributed by atoms with van der Waals surface area (Å²) in [5.74, 6) is 0. The van der Waals surface area contributed by atoms with Gasteiger partial charge in [-0.2, -0.15) is 0 Å². The molecule has 1 aliphatic rings. The van der Waals surface area contributed by atoms with E-state index < -0.39 is 0 Å². The Balaban J connectivity index is 2.52. The Morgan fingerprint density at radius 3 is 1.88 bits per heavy atom. The van der Waals surface area contributed by atoms with Crippen molar-refractivity contribution in [1.29, 1.82) is 0 Å². The van der Waals surface area contributed by atoms with Crippen LogP contribution in [-0.4, -0.2) is 21.9 Å². The smallest absolute Gasteiger partial charge is 0.114 e. The lowest BCUT2D eigenvalue weighted by Crippen LogP contribution is -2.35. The lowest BCUT2D eigenvalue weighted by molar-refractivity contribution is 0.785. The van der Waals surface area contributed by atoms with Crippen molar-refractivity contribution in [2.75, 3.05) is 7.05 Å². The van der Waals surface area contributed by atoms with E-state index in [9.17, 15) is 0 Å². The fraction of sp³-hybridized carbons (Fsp3) is 0.0769. The van der Waals surface area contributed by atoms with Crippen LogP contribution >= 0.6 is 24.4 Å². The van der Waals surface area contributed by atoms with Crippen LogP contribution in [0.3, 0.4) is 0 Å². The highest BCUT2D eigenvalue weighted by Crippen LogP contribution is 2.29. The predicted octanol–water partition coefficient (Wildman–Crippen LogP) is 3.14. The molecule has 0 fully saturated rings. The van der Waals surface area contributed by atoms with E-state index in [4.69, 9.17) is 24.4 Å². The molecule has 1 aliphatic heterocycles. The van der Waals surface area contributed by atoms with Crippen molar-refractivity contribution in [2.24, 2.45) is 0 Å². The molecule has 0 N–H and O–H groups in total. The number of hydrogen-bond donors (Lipinski definition) is 0. The minimum atomic E-state index is 0.814. The summed E-state index contributed by atoms with van der Waals surface area (Å²) in [7, 11) is 1.93. The Labute approximate surface area is 105 Å². The van der Waals surface area contributed by atoms with Gasteiger partial charge in [-0.3, -0.25) is 0 Å². The molecular formula is C13H9NS2. The van der Waals surface area contributed by atoms with Gasteiger partial charge in [0.2, 0.25) is 0 Å². The molecule has 0 amide bonds. The molecular weight excluding hydrogens is 234 g/mol. The SMILES string of the molecule is CN1C(=S)c2cccc3cccc(c23)C1=S. The van der Waals surface area contributed by atoms with Crippen molar-refractivity contribution >= 4 is 45.2 Å². The molecule has 0 radical (unpaired) electrons. The van der Waals surface area contributed by atoms with Gasteiger partial charge >= 0.3 is 0 Å². The molecule has 0 saturated heterocycles. The Morgan fingerprint density at radius 2 is 1.38 bits per heavy atom. The first-order valence-corrected chi connectivity index (χ1v) is 5.86. The van der Waals surface area contributed by atoms with Crippen LogP contribution < -0.4 is 0 Å². The summed E-state index contributed by atoms with van der Waals surface area (Å²) in [5.41, 5.74) is 2.22. The predicted molar refractivity (Wildman–Crippen MR) is 75.1 cm³/mol. The second-order valence-corrected chi connectivity index (χ2v) is 4.65. The maximum Gasteiger partial charge on any atom is 0.114 e. The summed E-state index contributed by atoms with van der Waals surface area (Å²) in [6.45, 7) is 0. The number of nitrogens with zero attached hydrogens (tertiary/aromatic N) is 1. The first-order chi connectivity index (χ1) is 7.70. The highest BCUT2D eigenvalue weighted by Gasteiger charge is 2.23. The fourth-order valence-electron chi connectivity index (χ4n) is 2.15. The molecule has 1 nitrogen and oxygen atoms in total. The van der Waals surface area contributed by atoms with Crippen LogP contribution in [0, 0.1) is 0 Å². The van der Waals surface area contributed by atoms with Gasteiger partial charge in [0.05, 0.1) is 0 Å². The van der Waals surface area contributed by atoms with Crippen molar-refractivity contribution in [1.82, 2.24) is 4.90 Å². The molecule has 3 heteroatoms. The van der Waals surface area contributed by atoms with Gasteiger partial charge in [-0.05, 0) is 5.39 Å². The molecule has 0 unspecified atom stereocenters. The van der Waals surface area contributed by atoms with E-state index in [1.54, 1.807) is 0 Å². The highest BCUT2D eigenvalue weighted by atomic mass is 32.1. The van der Waals surface area contributed by atoms with Gasteiger partial charge in [-0.15, -0.1) is 0 Å². The molecule has 0 aromatic heterocycles. The Morgan fingerprint density at radius 1 is 0.875 bits per heavy atom. The topological polar surface area (TPSA) is 3.24 Å². The van der Waals surface area contributed by atoms with E-state index in [2.05, 4.69) is 24.3 Å². The number of rotatable bonds is 0. The summed E-state index contributed by atoms with van der Waals surface area (Å²) >= 11 is 10.9. The van der Waals surface area contributed by atoms with Crippen LogP contribution in [-0.2, 0) is 0 Å². The summed E-state index contributed by atoms with van der Waals surface area (Å²) in [4.78, 5) is 3.53. The number of thiocarbonyl (C=S) groups is 2. The van der Waals surface area contributed by atoms with Gasteiger partial charge in [-0.1, -0.05) is 60.8 Å². The zero-order valence-corrected chi connectivity index (χ0v) is 10.4. The van der Waals surface area contributed by atoms with Gasteiger partial charge in [0, 0.05) is 23.6 Å². The first kappa shape index (κ1) is 9.87. The molecule has 0 aliphatic carbocycles. The van der Waals surface area contributed by atoms with Crippen LogP contribution in [0.2, 0.25) is 0 Å². The lowest BCUT2D eigenvalue weighted by atomic mass is 9.95. The minimum Gasteiger partial charge on any atom is -0.326 e. The number of hydrogen-bond acceptors (Lipinski definition) is 2.